The van der Waals surface area contributed by atoms with Gasteiger partial charge in [0.15, 0.2) is 6.61 Å². The highest BCUT2D eigenvalue weighted by Gasteiger charge is 2.23. The molecule has 156 valence electrons. The number of carbonyl (C=O) groups is 2. The Labute approximate surface area is 170 Å². The summed E-state index contributed by atoms with van der Waals surface area (Å²) in [5.41, 5.74) is -0.157. The Bertz CT molecular complexity index is 996. The molecule has 0 saturated carbocycles. The van der Waals surface area contributed by atoms with Crippen molar-refractivity contribution >= 4 is 27.6 Å². The van der Waals surface area contributed by atoms with Crippen molar-refractivity contribution in [3.63, 3.8) is 0 Å². The predicted octanol–water partition coefficient (Wildman–Crippen LogP) is 2.57. The highest BCUT2D eigenvalue weighted by Crippen LogP contribution is 2.17. The molecule has 8 nitrogen and oxygen atoms in total. The number of hydrogen-bond donors (Lipinski definition) is 2. The number of rotatable bonds is 7. The first-order valence-corrected chi connectivity index (χ1v) is 10.2. The fourth-order valence-corrected chi connectivity index (χ4v) is 3.83. The number of nitrogens with one attached hydrogen (secondary N) is 2. The average molecular weight is 420 g/mol. The van der Waals surface area contributed by atoms with Crippen LogP contribution < -0.4 is 14.8 Å². The Hall–Kier alpha value is -2.91. The van der Waals surface area contributed by atoms with Gasteiger partial charge >= 0.3 is 5.97 Å². The Morgan fingerprint density at radius 2 is 1.72 bits per heavy atom. The lowest BCUT2D eigenvalue weighted by atomic mass is 10.1. The summed E-state index contributed by atoms with van der Waals surface area (Å²) in [7, 11) is -2.29. The molecule has 0 spiro atoms. The van der Waals surface area contributed by atoms with Gasteiger partial charge in [0, 0.05) is 17.3 Å². The zero-order chi connectivity index (χ0) is 21.7. The van der Waals surface area contributed by atoms with Crippen LogP contribution in [0.1, 0.15) is 31.1 Å². The molecule has 0 aromatic heterocycles. The molecule has 0 atom stereocenters. The van der Waals surface area contributed by atoms with Gasteiger partial charge in [-0.15, -0.1) is 0 Å². The standard InChI is InChI=1S/C20H24N2O6S/c1-20(2,3)22-29(25,26)17-10-5-7-14(11-17)19(24)28-13-18(23)21-15-8-6-9-16(12-15)27-4/h5-12,22H,13H2,1-4H3,(H,21,23). The minimum atomic E-state index is -3.80. The Morgan fingerprint density at radius 1 is 1.03 bits per heavy atom. The number of methoxy groups -OCH3 is 1. The van der Waals surface area contributed by atoms with E-state index in [1.165, 1.54) is 31.4 Å². The number of amides is 1. The summed E-state index contributed by atoms with van der Waals surface area (Å²) < 4.78 is 37.4. The zero-order valence-corrected chi connectivity index (χ0v) is 17.5. The van der Waals surface area contributed by atoms with E-state index in [9.17, 15) is 18.0 Å². The summed E-state index contributed by atoms with van der Waals surface area (Å²) in [5.74, 6) is -0.773. The number of ether oxygens (including phenoxy) is 2. The quantitative estimate of drug-likeness (QED) is 0.666. The van der Waals surface area contributed by atoms with Crippen molar-refractivity contribution in [2.45, 2.75) is 31.2 Å². The predicted molar refractivity (Wildman–Crippen MR) is 108 cm³/mol. The van der Waals surface area contributed by atoms with Crippen LogP contribution in [0.15, 0.2) is 53.4 Å². The minimum Gasteiger partial charge on any atom is -0.497 e. The molecule has 2 aromatic carbocycles. The minimum absolute atomic E-state index is 0.0240. The topological polar surface area (TPSA) is 111 Å². The van der Waals surface area contributed by atoms with Crippen LogP contribution in [0.4, 0.5) is 5.69 Å². The number of esters is 1. The van der Waals surface area contributed by atoms with E-state index in [4.69, 9.17) is 9.47 Å². The number of anilines is 1. The molecule has 2 aromatic rings. The number of hydrogen-bond acceptors (Lipinski definition) is 6. The van der Waals surface area contributed by atoms with Gasteiger partial charge in [0.2, 0.25) is 10.0 Å². The van der Waals surface area contributed by atoms with Gasteiger partial charge in [0.1, 0.15) is 5.75 Å². The number of carbonyl (C=O) groups excluding carboxylic acids is 2. The normalized spacial score (nSPS) is 11.6. The van der Waals surface area contributed by atoms with E-state index < -0.39 is 34.0 Å². The maximum Gasteiger partial charge on any atom is 0.338 e. The van der Waals surface area contributed by atoms with Gasteiger partial charge in [-0.3, -0.25) is 4.79 Å². The molecule has 29 heavy (non-hydrogen) atoms. The molecule has 0 fully saturated rings. The van der Waals surface area contributed by atoms with E-state index >= 15 is 0 Å². The van der Waals surface area contributed by atoms with Crippen molar-refractivity contribution in [3.05, 3.63) is 54.1 Å². The van der Waals surface area contributed by atoms with Crippen LogP contribution >= 0.6 is 0 Å². The zero-order valence-electron chi connectivity index (χ0n) is 16.7. The van der Waals surface area contributed by atoms with Crippen LogP contribution in [-0.4, -0.2) is 39.5 Å². The maximum absolute atomic E-state index is 12.4. The molecule has 2 N–H and O–H groups in total. The summed E-state index contributed by atoms with van der Waals surface area (Å²) in [6.45, 7) is 4.62. The lowest BCUT2D eigenvalue weighted by Crippen LogP contribution is -2.40. The summed E-state index contributed by atoms with van der Waals surface area (Å²) in [6, 6.07) is 12.2. The molecule has 9 heteroatoms. The van der Waals surface area contributed by atoms with Gasteiger partial charge in [-0.05, 0) is 51.1 Å². The van der Waals surface area contributed by atoms with E-state index in [-0.39, 0.29) is 10.5 Å². The van der Waals surface area contributed by atoms with Crippen LogP contribution in [0.2, 0.25) is 0 Å². The van der Waals surface area contributed by atoms with Crippen LogP contribution in [0.3, 0.4) is 0 Å². The van der Waals surface area contributed by atoms with Crippen molar-refractivity contribution in [2.75, 3.05) is 19.0 Å². The average Bonchev–Trinajstić information content (AvgIpc) is 2.64. The molecular formula is C20H24N2O6S. The lowest BCUT2D eigenvalue weighted by Gasteiger charge is -2.20. The van der Waals surface area contributed by atoms with Crippen LogP contribution in [-0.2, 0) is 19.6 Å². The largest absolute Gasteiger partial charge is 0.497 e. The van der Waals surface area contributed by atoms with Gasteiger partial charge in [0.05, 0.1) is 17.6 Å². The Morgan fingerprint density at radius 3 is 2.38 bits per heavy atom. The second kappa shape index (κ2) is 9.06. The molecule has 0 unspecified atom stereocenters. The van der Waals surface area contributed by atoms with E-state index in [0.29, 0.717) is 11.4 Å². The van der Waals surface area contributed by atoms with E-state index in [1.807, 2.05) is 0 Å². The summed E-state index contributed by atoms with van der Waals surface area (Å²) in [4.78, 5) is 24.2. The lowest BCUT2D eigenvalue weighted by molar-refractivity contribution is -0.119. The van der Waals surface area contributed by atoms with Gasteiger partial charge in [-0.1, -0.05) is 12.1 Å². The van der Waals surface area contributed by atoms with Gasteiger partial charge in [-0.2, -0.15) is 0 Å². The Kier molecular flexibility index (Phi) is 6.99. The fourth-order valence-electron chi connectivity index (χ4n) is 2.36. The SMILES string of the molecule is COc1cccc(NC(=O)COC(=O)c2cccc(S(=O)(=O)NC(C)(C)C)c2)c1. The van der Waals surface area contributed by atoms with Gasteiger partial charge < -0.3 is 14.8 Å². The maximum atomic E-state index is 12.4. The molecule has 0 aliphatic carbocycles. The summed E-state index contributed by atoms with van der Waals surface area (Å²) in [5, 5.41) is 2.58. The highest BCUT2D eigenvalue weighted by molar-refractivity contribution is 7.89. The van der Waals surface area contributed by atoms with Gasteiger partial charge in [-0.25, -0.2) is 17.9 Å². The monoisotopic (exact) mass is 420 g/mol. The van der Waals surface area contributed by atoms with Gasteiger partial charge in [0.25, 0.3) is 5.91 Å². The molecule has 0 aliphatic rings. The fraction of sp³-hybridized carbons (Fsp3) is 0.300. The molecule has 1 amide bonds. The van der Waals surface area contributed by atoms with Crippen molar-refractivity contribution in [3.8, 4) is 5.75 Å². The first-order chi connectivity index (χ1) is 13.5. The van der Waals surface area contributed by atoms with Crippen molar-refractivity contribution in [1.29, 1.82) is 0 Å². The molecule has 0 bridgehead atoms. The second-order valence-corrected chi connectivity index (χ2v) is 8.92. The number of sulfonamides is 1. The van der Waals surface area contributed by atoms with Crippen LogP contribution in [0.25, 0.3) is 0 Å². The third-order valence-corrected chi connectivity index (χ3v) is 5.26. The third-order valence-electron chi connectivity index (χ3n) is 3.51. The van der Waals surface area contributed by atoms with E-state index in [2.05, 4.69) is 10.0 Å². The summed E-state index contributed by atoms with van der Waals surface area (Å²) in [6.07, 6.45) is 0. The van der Waals surface area contributed by atoms with E-state index in [1.54, 1.807) is 45.0 Å². The summed E-state index contributed by atoms with van der Waals surface area (Å²) >= 11 is 0. The first-order valence-electron chi connectivity index (χ1n) is 8.75. The molecule has 0 radical (unpaired) electrons. The first kappa shape index (κ1) is 22.4. The van der Waals surface area contributed by atoms with Crippen molar-refractivity contribution in [2.24, 2.45) is 0 Å². The van der Waals surface area contributed by atoms with E-state index in [0.717, 1.165) is 0 Å². The van der Waals surface area contributed by atoms with Crippen LogP contribution in [0, 0.1) is 0 Å². The molecular weight excluding hydrogens is 396 g/mol. The second-order valence-electron chi connectivity index (χ2n) is 7.24. The van der Waals surface area contributed by atoms with Crippen molar-refractivity contribution < 1.29 is 27.5 Å². The molecule has 0 aliphatic heterocycles. The molecule has 0 heterocycles. The Balaban J connectivity index is 2.01. The van der Waals surface area contributed by atoms with Crippen LogP contribution in [0.5, 0.6) is 5.75 Å². The molecule has 2 rings (SSSR count). The third kappa shape index (κ3) is 6.88. The smallest absolute Gasteiger partial charge is 0.338 e. The molecule has 0 saturated heterocycles. The van der Waals surface area contributed by atoms with Crippen molar-refractivity contribution in [1.82, 2.24) is 4.72 Å². The highest BCUT2D eigenvalue weighted by atomic mass is 32.2. The number of benzene rings is 2.